The van der Waals surface area contributed by atoms with Crippen LogP contribution >= 0.6 is 0 Å². The molecule has 1 fully saturated rings. The second-order valence-electron chi connectivity index (χ2n) is 3.52. The van der Waals surface area contributed by atoms with E-state index >= 15 is 0 Å². The monoisotopic (exact) mass is 193 g/mol. The lowest BCUT2D eigenvalue weighted by molar-refractivity contribution is 0.0792. The van der Waals surface area contributed by atoms with Crippen LogP contribution in [0.25, 0.3) is 0 Å². The third kappa shape index (κ3) is 2.08. The van der Waals surface area contributed by atoms with E-state index in [1.807, 2.05) is 6.07 Å². The van der Waals surface area contributed by atoms with Crippen molar-refractivity contribution in [3.05, 3.63) is 23.8 Å². The Morgan fingerprint density at radius 1 is 1.57 bits per heavy atom. The van der Waals surface area contributed by atoms with Crippen LogP contribution in [-0.4, -0.2) is 23.2 Å². The van der Waals surface area contributed by atoms with Gasteiger partial charge in [0.1, 0.15) is 5.82 Å². The van der Waals surface area contributed by atoms with E-state index in [0.717, 1.165) is 31.7 Å². The number of hydrogen-bond donors (Lipinski definition) is 1. The standard InChI is InChI=1S/C10H15N3O/c11-6-10-12-4-3-9(13-10)8-2-1-5-14-7-8/h3-4,8H,1-2,5-7,11H2. The van der Waals surface area contributed by atoms with Gasteiger partial charge in [0.2, 0.25) is 0 Å². The summed E-state index contributed by atoms with van der Waals surface area (Å²) in [4.78, 5) is 8.47. The van der Waals surface area contributed by atoms with Crippen LogP contribution in [-0.2, 0) is 11.3 Å². The molecule has 1 atom stereocenters. The lowest BCUT2D eigenvalue weighted by Gasteiger charge is -2.21. The summed E-state index contributed by atoms with van der Waals surface area (Å²) in [5.74, 6) is 1.14. The summed E-state index contributed by atoms with van der Waals surface area (Å²) in [5.41, 5.74) is 6.56. The Kier molecular flexibility index (Phi) is 3.06. The maximum Gasteiger partial charge on any atom is 0.142 e. The van der Waals surface area contributed by atoms with E-state index in [-0.39, 0.29) is 0 Å². The molecule has 1 saturated heterocycles. The van der Waals surface area contributed by atoms with Crippen LogP contribution in [0.4, 0.5) is 0 Å². The highest BCUT2D eigenvalue weighted by Crippen LogP contribution is 2.23. The van der Waals surface area contributed by atoms with Crippen molar-refractivity contribution in [3.8, 4) is 0 Å². The molecule has 2 heterocycles. The molecule has 1 aliphatic rings. The van der Waals surface area contributed by atoms with E-state index in [2.05, 4.69) is 9.97 Å². The number of nitrogens with two attached hydrogens (primary N) is 1. The largest absolute Gasteiger partial charge is 0.381 e. The average molecular weight is 193 g/mol. The first-order valence-corrected chi connectivity index (χ1v) is 5.00. The highest BCUT2D eigenvalue weighted by molar-refractivity contribution is 5.09. The van der Waals surface area contributed by atoms with Gasteiger partial charge in [-0.25, -0.2) is 9.97 Å². The summed E-state index contributed by atoms with van der Waals surface area (Å²) < 4.78 is 5.42. The Balaban J connectivity index is 2.13. The average Bonchev–Trinajstić information content (AvgIpc) is 2.30. The number of aromatic nitrogens is 2. The molecular formula is C10H15N3O. The van der Waals surface area contributed by atoms with Crippen molar-refractivity contribution < 1.29 is 4.74 Å². The van der Waals surface area contributed by atoms with Gasteiger partial charge in [-0.15, -0.1) is 0 Å². The molecule has 4 heteroatoms. The van der Waals surface area contributed by atoms with Crippen molar-refractivity contribution in [2.45, 2.75) is 25.3 Å². The maximum absolute atomic E-state index is 5.49. The van der Waals surface area contributed by atoms with Crippen LogP contribution in [0.1, 0.15) is 30.3 Å². The van der Waals surface area contributed by atoms with Gasteiger partial charge in [0.15, 0.2) is 0 Å². The Hall–Kier alpha value is -1.00. The number of nitrogens with zero attached hydrogens (tertiary/aromatic N) is 2. The van der Waals surface area contributed by atoms with Gasteiger partial charge in [0.25, 0.3) is 0 Å². The van der Waals surface area contributed by atoms with Crippen LogP contribution in [0.5, 0.6) is 0 Å². The zero-order chi connectivity index (χ0) is 9.80. The molecule has 0 aromatic carbocycles. The fraction of sp³-hybridized carbons (Fsp3) is 0.600. The molecule has 1 unspecified atom stereocenters. The van der Waals surface area contributed by atoms with Crippen molar-refractivity contribution in [1.29, 1.82) is 0 Å². The van der Waals surface area contributed by atoms with E-state index < -0.39 is 0 Å². The van der Waals surface area contributed by atoms with Crippen LogP contribution in [0, 0.1) is 0 Å². The molecule has 0 spiro atoms. The lowest BCUT2D eigenvalue weighted by Crippen LogP contribution is -2.17. The van der Waals surface area contributed by atoms with Gasteiger partial charge in [-0.2, -0.15) is 0 Å². The van der Waals surface area contributed by atoms with Gasteiger partial charge in [-0.1, -0.05) is 0 Å². The Labute approximate surface area is 83.5 Å². The first kappa shape index (κ1) is 9.55. The van der Waals surface area contributed by atoms with E-state index in [0.29, 0.717) is 18.3 Å². The molecule has 4 nitrogen and oxygen atoms in total. The number of ether oxygens (including phenoxy) is 1. The molecule has 0 aliphatic carbocycles. The zero-order valence-corrected chi connectivity index (χ0v) is 8.15. The Morgan fingerprint density at radius 3 is 3.21 bits per heavy atom. The molecule has 14 heavy (non-hydrogen) atoms. The van der Waals surface area contributed by atoms with Crippen LogP contribution < -0.4 is 5.73 Å². The van der Waals surface area contributed by atoms with Gasteiger partial charge in [-0.05, 0) is 18.9 Å². The van der Waals surface area contributed by atoms with E-state index in [4.69, 9.17) is 10.5 Å². The minimum absolute atomic E-state index is 0.404. The van der Waals surface area contributed by atoms with Crippen molar-refractivity contribution >= 4 is 0 Å². The smallest absolute Gasteiger partial charge is 0.142 e. The molecule has 0 saturated carbocycles. The van der Waals surface area contributed by atoms with Gasteiger partial charge < -0.3 is 10.5 Å². The Morgan fingerprint density at radius 2 is 2.50 bits per heavy atom. The molecule has 1 aromatic heterocycles. The predicted octanol–water partition coefficient (Wildman–Crippen LogP) is 0.829. The normalized spacial score (nSPS) is 22.2. The summed E-state index contributed by atoms with van der Waals surface area (Å²) in [5, 5.41) is 0. The van der Waals surface area contributed by atoms with Crippen molar-refractivity contribution in [1.82, 2.24) is 9.97 Å². The van der Waals surface area contributed by atoms with Crippen LogP contribution in [0.15, 0.2) is 12.3 Å². The number of hydrogen-bond acceptors (Lipinski definition) is 4. The van der Waals surface area contributed by atoms with E-state index in [1.54, 1.807) is 6.20 Å². The second-order valence-corrected chi connectivity index (χ2v) is 3.52. The number of rotatable bonds is 2. The minimum atomic E-state index is 0.404. The van der Waals surface area contributed by atoms with Crippen molar-refractivity contribution in [3.63, 3.8) is 0 Å². The van der Waals surface area contributed by atoms with Gasteiger partial charge >= 0.3 is 0 Å². The Bertz CT molecular complexity index is 297. The molecule has 0 amide bonds. The molecule has 2 N–H and O–H groups in total. The van der Waals surface area contributed by atoms with E-state index in [1.165, 1.54) is 0 Å². The molecule has 0 bridgehead atoms. The van der Waals surface area contributed by atoms with Crippen molar-refractivity contribution in [2.75, 3.05) is 13.2 Å². The second kappa shape index (κ2) is 4.48. The summed E-state index contributed by atoms with van der Waals surface area (Å²) in [6, 6.07) is 1.96. The molecule has 1 aromatic rings. The molecule has 1 aliphatic heterocycles. The minimum Gasteiger partial charge on any atom is -0.381 e. The molecule has 2 rings (SSSR count). The van der Waals surface area contributed by atoms with Crippen molar-refractivity contribution in [2.24, 2.45) is 5.73 Å². The maximum atomic E-state index is 5.49. The van der Waals surface area contributed by atoms with Gasteiger partial charge in [-0.3, -0.25) is 0 Å². The van der Waals surface area contributed by atoms with Crippen LogP contribution in [0.3, 0.4) is 0 Å². The fourth-order valence-corrected chi connectivity index (χ4v) is 1.71. The summed E-state index contributed by atoms with van der Waals surface area (Å²) in [6.07, 6.45) is 4.05. The first-order valence-electron chi connectivity index (χ1n) is 5.00. The van der Waals surface area contributed by atoms with Crippen LogP contribution in [0.2, 0.25) is 0 Å². The third-order valence-electron chi connectivity index (χ3n) is 2.49. The quantitative estimate of drug-likeness (QED) is 0.755. The summed E-state index contributed by atoms with van der Waals surface area (Å²) in [7, 11) is 0. The lowest BCUT2D eigenvalue weighted by atomic mass is 9.98. The van der Waals surface area contributed by atoms with Gasteiger partial charge in [0, 0.05) is 24.4 Å². The summed E-state index contributed by atoms with van der Waals surface area (Å²) >= 11 is 0. The SMILES string of the molecule is NCc1nccc(C2CCCOC2)n1. The molecule has 0 radical (unpaired) electrons. The highest BCUT2D eigenvalue weighted by atomic mass is 16.5. The fourth-order valence-electron chi connectivity index (χ4n) is 1.71. The zero-order valence-electron chi connectivity index (χ0n) is 8.15. The van der Waals surface area contributed by atoms with Gasteiger partial charge in [0.05, 0.1) is 13.2 Å². The summed E-state index contributed by atoms with van der Waals surface area (Å²) in [6.45, 7) is 2.06. The third-order valence-corrected chi connectivity index (χ3v) is 2.49. The predicted molar refractivity (Wildman–Crippen MR) is 52.7 cm³/mol. The molecule has 76 valence electrons. The topological polar surface area (TPSA) is 61.0 Å². The highest BCUT2D eigenvalue weighted by Gasteiger charge is 2.17. The first-order chi connectivity index (χ1) is 6.90. The van der Waals surface area contributed by atoms with E-state index in [9.17, 15) is 0 Å². The molecular weight excluding hydrogens is 178 g/mol.